The van der Waals surface area contributed by atoms with Gasteiger partial charge in [0.2, 0.25) is 5.79 Å². The molecule has 184 valence electrons. The van der Waals surface area contributed by atoms with Gasteiger partial charge in [0.1, 0.15) is 5.78 Å². The molecule has 0 amide bonds. The molecule has 2 aliphatic carbocycles. The highest BCUT2D eigenvalue weighted by Gasteiger charge is 2.65. The van der Waals surface area contributed by atoms with Crippen LogP contribution in [0.25, 0.3) is 0 Å². The largest absolute Gasteiger partial charge is 0.470 e. The molecule has 0 aromatic carbocycles. The number of ether oxygens (including phenoxy) is 2. The Balaban J connectivity index is 2.01. The maximum Gasteiger partial charge on any atom is 0.313 e. The van der Waals surface area contributed by atoms with Crippen LogP contribution in [-0.2, 0) is 14.3 Å². The quantitative estimate of drug-likeness (QED) is 0.0984. The number of Topliss-reactive ketones (excluding diaryl/α,β-unsaturated/α-hetero) is 1. The Morgan fingerprint density at radius 2 is 1.53 bits per heavy atom. The molecule has 0 unspecified atom stereocenters. The number of alkyl halides is 4. The van der Waals surface area contributed by atoms with Crippen molar-refractivity contribution in [2.24, 2.45) is 11.8 Å². The summed E-state index contributed by atoms with van der Waals surface area (Å²) in [4.78, 5) is 11.4. The summed E-state index contributed by atoms with van der Waals surface area (Å²) in [5, 5.41) is 0. The number of ketones is 1. The van der Waals surface area contributed by atoms with E-state index in [0.717, 1.165) is 25.7 Å². The maximum atomic E-state index is 15.0. The summed E-state index contributed by atoms with van der Waals surface area (Å²) in [5.41, 5.74) is 0. The van der Waals surface area contributed by atoms with Gasteiger partial charge in [0.25, 0.3) is 0 Å². The minimum atomic E-state index is -4.12. The summed E-state index contributed by atoms with van der Waals surface area (Å²) < 4.78 is 71.6. The SMILES string of the molecule is C/C=C\CC/C=C\OC1(OCCCC)CCC(C(F)(F)C(F)(F)C2CCC(=O)CC2)CC1. The van der Waals surface area contributed by atoms with E-state index in [1.807, 2.05) is 32.1 Å². The average molecular weight is 463 g/mol. The lowest BCUT2D eigenvalue weighted by Gasteiger charge is -2.44. The smallest absolute Gasteiger partial charge is 0.313 e. The predicted molar refractivity (Wildman–Crippen MR) is 117 cm³/mol. The summed E-state index contributed by atoms with van der Waals surface area (Å²) in [5.74, 6) is -12.3. The molecule has 0 saturated heterocycles. The van der Waals surface area contributed by atoms with Crippen molar-refractivity contribution in [2.45, 2.75) is 109 Å². The van der Waals surface area contributed by atoms with Gasteiger partial charge < -0.3 is 9.47 Å². The number of hydrogen-bond donors (Lipinski definition) is 0. The Bertz CT molecular complexity index is 627. The summed E-state index contributed by atoms with van der Waals surface area (Å²) in [6.45, 7) is 4.41. The van der Waals surface area contributed by atoms with Gasteiger partial charge in [-0.05, 0) is 57.9 Å². The van der Waals surface area contributed by atoms with Gasteiger partial charge in [0, 0.05) is 37.5 Å². The van der Waals surface area contributed by atoms with Crippen molar-refractivity contribution in [3.8, 4) is 0 Å². The Labute approximate surface area is 189 Å². The fourth-order valence-electron chi connectivity index (χ4n) is 4.56. The summed E-state index contributed by atoms with van der Waals surface area (Å²) in [6, 6.07) is 0. The molecule has 3 nitrogen and oxygen atoms in total. The second kappa shape index (κ2) is 12.2. The fourth-order valence-corrected chi connectivity index (χ4v) is 4.56. The van der Waals surface area contributed by atoms with Crippen molar-refractivity contribution in [3.05, 3.63) is 24.5 Å². The van der Waals surface area contributed by atoms with Gasteiger partial charge in [0.15, 0.2) is 0 Å². The molecule has 0 heterocycles. The van der Waals surface area contributed by atoms with Crippen molar-refractivity contribution >= 4 is 5.78 Å². The van der Waals surface area contributed by atoms with Crippen LogP contribution in [0.2, 0.25) is 0 Å². The lowest BCUT2D eigenvalue weighted by molar-refractivity contribution is -0.286. The van der Waals surface area contributed by atoms with E-state index in [1.165, 1.54) is 0 Å². The van der Waals surface area contributed by atoms with Gasteiger partial charge >= 0.3 is 11.8 Å². The van der Waals surface area contributed by atoms with E-state index in [-0.39, 0.29) is 57.1 Å². The topological polar surface area (TPSA) is 35.5 Å². The van der Waals surface area contributed by atoms with Crippen LogP contribution >= 0.6 is 0 Å². The molecule has 0 bridgehead atoms. The molecule has 0 aliphatic heterocycles. The molecular weight excluding hydrogens is 424 g/mol. The molecule has 7 heteroatoms. The number of allylic oxidation sites excluding steroid dienone is 3. The van der Waals surface area contributed by atoms with Crippen LogP contribution in [0.15, 0.2) is 24.5 Å². The number of carbonyl (C=O) groups is 1. The normalized spacial score (nSPS) is 26.3. The molecule has 2 fully saturated rings. The Morgan fingerprint density at radius 3 is 2.09 bits per heavy atom. The zero-order chi connectivity index (χ0) is 23.7. The molecule has 0 spiro atoms. The van der Waals surface area contributed by atoms with Crippen molar-refractivity contribution in [1.29, 1.82) is 0 Å². The van der Waals surface area contributed by atoms with Gasteiger partial charge in [-0.15, -0.1) is 0 Å². The van der Waals surface area contributed by atoms with Gasteiger partial charge in [-0.3, -0.25) is 4.79 Å². The highest BCUT2D eigenvalue weighted by atomic mass is 19.3. The van der Waals surface area contributed by atoms with E-state index in [1.54, 1.807) is 6.26 Å². The number of rotatable bonds is 12. The summed E-state index contributed by atoms with van der Waals surface area (Å²) in [6.07, 6.45) is 10.5. The minimum absolute atomic E-state index is 0.0381. The lowest BCUT2D eigenvalue weighted by atomic mass is 9.74. The maximum absolute atomic E-state index is 15.0. The fraction of sp³-hybridized carbons (Fsp3) is 0.800. The number of carbonyl (C=O) groups excluding carboxylic acids is 1. The van der Waals surface area contributed by atoms with Gasteiger partial charge in [-0.2, -0.15) is 17.6 Å². The van der Waals surface area contributed by atoms with E-state index in [9.17, 15) is 13.6 Å². The molecule has 2 saturated carbocycles. The second-order valence-corrected chi connectivity index (χ2v) is 9.08. The third-order valence-corrected chi connectivity index (χ3v) is 6.74. The molecule has 0 aromatic rings. The van der Waals surface area contributed by atoms with Crippen molar-refractivity contribution in [2.75, 3.05) is 6.61 Å². The number of unbranched alkanes of at least 4 members (excludes halogenated alkanes) is 2. The van der Waals surface area contributed by atoms with E-state index >= 15 is 8.78 Å². The number of hydrogen-bond acceptors (Lipinski definition) is 3. The second-order valence-electron chi connectivity index (χ2n) is 9.08. The van der Waals surface area contributed by atoms with E-state index in [0.29, 0.717) is 6.61 Å². The molecule has 0 N–H and O–H groups in total. The molecule has 0 atom stereocenters. The predicted octanol–water partition coefficient (Wildman–Crippen LogP) is 7.61. The summed E-state index contributed by atoms with van der Waals surface area (Å²) >= 11 is 0. The first-order valence-corrected chi connectivity index (χ1v) is 12.0. The van der Waals surface area contributed by atoms with Crippen LogP contribution in [-0.4, -0.2) is 30.0 Å². The van der Waals surface area contributed by atoms with Crippen LogP contribution in [0.5, 0.6) is 0 Å². The van der Waals surface area contributed by atoms with Gasteiger partial charge in [0.05, 0.1) is 12.9 Å². The van der Waals surface area contributed by atoms with Crippen molar-refractivity contribution in [3.63, 3.8) is 0 Å². The summed E-state index contributed by atoms with van der Waals surface area (Å²) in [7, 11) is 0. The van der Waals surface area contributed by atoms with Gasteiger partial charge in [-0.25, -0.2) is 0 Å². The lowest BCUT2D eigenvalue weighted by Crippen LogP contribution is -2.54. The highest BCUT2D eigenvalue weighted by molar-refractivity contribution is 5.79. The Morgan fingerprint density at radius 1 is 0.969 bits per heavy atom. The number of halogens is 4. The standard InChI is InChI=1S/C25H38F4O3/c1-3-5-7-8-9-19-32-23(31-18-6-4-2)16-14-21(15-17-23)25(28,29)24(26,27)20-10-12-22(30)13-11-20/h3,5,9,19-21H,4,6-8,10-18H2,1-2H3/b5-3-,19-9-. The molecule has 0 radical (unpaired) electrons. The van der Waals surface area contributed by atoms with Crippen LogP contribution in [0, 0.1) is 11.8 Å². The third kappa shape index (κ3) is 6.82. The Hall–Kier alpha value is -1.37. The first-order chi connectivity index (χ1) is 15.2. The minimum Gasteiger partial charge on any atom is -0.470 e. The first-order valence-electron chi connectivity index (χ1n) is 12.0. The highest BCUT2D eigenvalue weighted by Crippen LogP contribution is 2.53. The molecule has 32 heavy (non-hydrogen) atoms. The third-order valence-electron chi connectivity index (χ3n) is 6.74. The van der Waals surface area contributed by atoms with E-state index in [4.69, 9.17) is 9.47 Å². The average Bonchev–Trinajstić information content (AvgIpc) is 2.77. The molecule has 2 rings (SSSR count). The van der Waals surface area contributed by atoms with Crippen LogP contribution in [0.4, 0.5) is 17.6 Å². The first kappa shape index (κ1) is 26.9. The van der Waals surface area contributed by atoms with Crippen LogP contribution in [0.3, 0.4) is 0 Å². The van der Waals surface area contributed by atoms with Crippen LogP contribution in [0.1, 0.15) is 90.9 Å². The monoisotopic (exact) mass is 462 g/mol. The molecule has 2 aliphatic rings. The van der Waals surface area contributed by atoms with Crippen LogP contribution < -0.4 is 0 Å². The zero-order valence-electron chi connectivity index (χ0n) is 19.4. The van der Waals surface area contributed by atoms with Crippen molar-refractivity contribution < 1.29 is 31.8 Å². The zero-order valence-corrected chi connectivity index (χ0v) is 19.4. The van der Waals surface area contributed by atoms with E-state index in [2.05, 4.69) is 0 Å². The molecule has 0 aromatic heterocycles. The van der Waals surface area contributed by atoms with Crippen molar-refractivity contribution in [1.82, 2.24) is 0 Å². The molecular formula is C25H38F4O3. The van der Waals surface area contributed by atoms with Gasteiger partial charge in [-0.1, -0.05) is 25.5 Å². The van der Waals surface area contributed by atoms with E-state index < -0.39 is 29.5 Å². The Kier molecular flexibility index (Phi) is 10.2.